The van der Waals surface area contributed by atoms with Gasteiger partial charge in [-0.2, -0.15) is 0 Å². The third-order valence-corrected chi connectivity index (χ3v) is 3.64. The van der Waals surface area contributed by atoms with Crippen LogP contribution in [0.1, 0.15) is 24.0 Å². The number of hydrogen-bond donors (Lipinski definition) is 1. The Hall–Kier alpha value is -1.35. The largest absolute Gasteiger partial charge is 0.326 e. The van der Waals surface area contributed by atoms with Gasteiger partial charge in [-0.05, 0) is 51.9 Å². The molecule has 1 aliphatic heterocycles. The number of aryl methyl sites for hydroxylation is 2. The highest BCUT2D eigenvalue weighted by molar-refractivity contribution is 5.93. The minimum Gasteiger partial charge on any atom is -0.326 e. The van der Waals surface area contributed by atoms with Gasteiger partial charge in [-0.25, -0.2) is 0 Å². The molecule has 1 N–H and O–H groups in total. The predicted molar refractivity (Wildman–Crippen MR) is 74.8 cm³/mol. The highest BCUT2D eigenvalue weighted by Gasteiger charge is 2.24. The average Bonchev–Trinajstić information content (AvgIpc) is 2.32. The van der Waals surface area contributed by atoms with Crippen molar-refractivity contribution in [3.05, 3.63) is 29.3 Å². The summed E-state index contributed by atoms with van der Waals surface area (Å²) >= 11 is 0. The minimum absolute atomic E-state index is 0.129. The van der Waals surface area contributed by atoms with E-state index in [0.717, 1.165) is 37.2 Å². The first-order valence-electron chi connectivity index (χ1n) is 6.63. The fourth-order valence-corrected chi connectivity index (χ4v) is 2.57. The van der Waals surface area contributed by atoms with Crippen molar-refractivity contribution in [2.45, 2.75) is 26.7 Å². The SMILES string of the molecule is Cc1ccc(NC(=O)C2CCCN(C)C2)c(C)c1. The molecule has 0 saturated carbocycles. The minimum atomic E-state index is 0.129. The van der Waals surface area contributed by atoms with Crippen molar-refractivity contribution in [1.29, 1.82) is 0 Å². The Kier molecular flexibility index (Phi) is 4.02. The standard InChI is InChI=1S/C15H22N2O/c1-11-6-7-14(12(2)9-11)16-15(18)13-5-4-8-17(3)10-13/h6-7,9,13H,4-5,8,10H2,1-3H3,(H,16,18). The second-order valence-corrected chi connectivity index (χ2v) is 5.41. The summed E-state index contributed by atoms with van der Waals surface area (Å²) in [6, 6.07) is 6.13. The van der Waals surface area contributed by atoms with E-state index in [-0.39, 0.29) is 11.8 Å². The zero-order chi connectivity index (χ0) is 13.1. The molecule has 1 heterocycles. The molecule has 0 aromatic heterocycles. The van der Waals surface area contributed by atoms with Crippen molar-refractivity contribution < 1.29 is 4.79 Å². The fraction of sp³-hybridized carbons (Fsp3) is 0.533. The molecule has 1 aromatic carbocycles. The van der Waals surface area contributed by atoms with Crippen molar-refractivity contribution in [3.8, 4) is 0 Å². The van der Waals surface area contributed by atoms with Gasteiger partial charge in [-0.1, -0.05) is 17.7 Å². The van der Waals surface area contributed by atoms with Gasteiger partial charge in [-0.3, -0.25) is 4.79 Å². The van der Waals surface area contributed by atoms with Crippen molar-refractivity contribution in [3.63, 3.8) is 0 Å². The molecule has 1 aromatic rings. The van der Waals surface area contributed by atoms with Gasteiger partial charge in [0.1, 0.15) is 0 Å². The van der Waals surface area contributed by atoms with Crippen LogP contribution in [0.15, 0.2) is 18.2 Å². The Morgan fingerprint density at radius 3 is 2.83 bits per heavy atom. The van der Waals surface area contributed by atoms with Gasteiger partial charge in [0, 0.05) is 12.2 Å². The molecule has 18 heavy (non-hydrogen) atoms. The lowest BCUT2D eigenvalue weighted by Crippen LogP contribution is -2.38. The van der Waals surface area contributed by atoms with E-state index in [4.69, 9.17) is 0 Å². The Morgan fingerprint density at radius 1 is 1.39 bits per heavy atom. The second-order valence-electron chi connectivity index (χ2n) is 5.41. The van der Waals surface area contributed by atoms with Gasteiger partial charge >= 0.3 is 0 Å². The van der Waals surface area contributed by atoms with Crippen LogP contribution in [0.4, 0.5) is 5.69 Å². The number of carbonyl (C=O) groups excluding carboxylic acids is 1. The van der Waals surface area contributed by atoms with Crippen LogP contribution in [0.5, 0.6) is 0 Å². The zero-order valence-electron chi connectivity index (χ0n) is 11.5. The molecule has 1 unspecified atom stereocenters. The molecule has 3 heteroatoms. The lowest BCUT2D eigenvalue weighted by molar-refractivity contribution is -0.121. The molecule has 1 atom stereocenters. The van der Waals surface area contributed by atoms with E-state index in [1.165, 1.54) is 5.56 Å². The van der Waals surface area contributed by atoms with Crippen molar-refractivity contribution >= 4 is 11.6 Å². The average molecular weight is 246 g/mol. The summed E-state index contributed by atoms with van der Waals surface area (Å²) in [5.74, 6) is 0.290. The number of benzene rings is 1. The van der Waals surface area contributed by atoms with Crippen LogP contribution < -0.4 is 5.32 Å². The van der Waals surface area contributed by atoms with Crippen LogP contribution in [0.2, 0.25) is 0 Å². The van der Waals surface area contributed by atoms with Crippen molar-refractivity contribution in [2.75, 3.05) is 25.5 Å². The summed E-state index contributed by atoms with van der Waals surface area (Å²) in [6.07, 6.45) is 2.11. The van der Waals surface area contributed by atoms with Gasteiger partial charge in [-0.15, -0.1) is 0 Å². The number of nitrogens with zero attached hydrogens (tertiary/aromatic N) is 1. The zero-order valence-corrected chi connectivity index (χ0v) is 11.5. The molecule has 1 fully saturated rings. The summed E-state index contributed by atoms with van der Waals surface area (Å²) in [4.78, 5) is 14.4. The van der Waals surface area contributed by atoms with Crippen LogP contribution in [-0.4, -0.2) is 30.9 Å². The van der Waals surface area contributed by atoms with E-state index >= 15 is 0 Å². The van der Waals surface area contributed by atoms with E-state index in [1.54, 1.807) is 0 Å². The molecule has 3 nitrogen and oxygen atoms in total. The van der Waals surface area contributed by atoms with E-state index in [9.17, 15) is 4.79 Å². The van der Waals surface area contributed by atoms with Crippen LogP contribution in [-0.2, 0) is 4.79 Å². The molecule has 0 bridgehead atoms. The summed E-state index contributed by atoms with van der Waals surface area (Å²) in [5, 5.41) is 3.06. The van der Waals surface area contributed by atoms with Gasteiger partial charge in [0.2, 0.25) is 5.91 Å². The maximum Gasteiger partial charge on any atom is 0.228 e. The lowest BCUT2D eigenvalue weighted by Gasteiger charge is -2.28. The maximum atomic E-state index is 12.2. The number of piperidine rings is 1. The van der Waals surface area contributed by atoms with Gasteiger partial charge < -0.3 is 10.2 Å². The topological polar surface area (TPSA) is 32.3 Å². The normalized spacial score (nSPS) is 20.7. The number of hydrogen-bond acceptors (Lipinski definition) is 2. The van der Waals surface area contributed by atoms with E-state index < -0.39 is 0 Å². The highest BCUT2D eigenvalue weighted by Crippen LogP contribution is 2.20. The molecule has 2 rings (SSSR count). The molecular weight excluding hydrogens is 224 g/mol. The Labute approximate surface area is 109 Å². The predicted octanol–water partition coefficient (Wildman–Crippen LogP) is 2.58. The van der Waals surface area contributed by atoms with Crippen LogP contribution in [0.3, 0.4) is 0 Å². The molecule has 0 aliphatic carbocycles. The summed E-state index contributed by atoms with van der Waals surface area (Å²) in [6.45, 7) is 6.08. The quantitative estimate of drug-likeness (QED) is 0.870. The summed E-state index contributed by atoms with van der Waals surface area (Å²) in [7, 11) is 2.08. The number of likely N-dealkylation sites (tertiary alicyclic amines) is 1. The molecule has 1 aliphatic rings. The Morgan fingerprint density at radius 2 is 2.17 bits per heavy atom. The lowest BCUT2D eigenvalue weighted by atomic mass is 9.97. The molecular formula is C15H22N2O. The third kappa shape index (κ3) is 3.10. The molecule has 1 amide bonds. The van der Waals surface area contributed by atoms with Crippen molar-refractivity contribution in [2.24, 2.45) is 5.92 Å². The molecule has 1 saturated heterocycles. The number of amides is 1. The monoisotopic (exact) mass is 246 g/mol. The molecule has 98 valence electrons. The summed E-state index contributed by atoms with van der Waals surface area (Å²) in [5.41, 5.74) is 3.30. The van der Waals surface area contributed by atoms with Crippen LogP contribution in [0, 0.1) is 19.8 Å². The number of carbonyl (C=O) groups is 1. The molecule has 0 radical (unpaired) electrons. The smallest absolute Gasteiger partial charge is 0.228 e. The number of rotatable bonds is 2. The second kappa shape index (κ2) is 5.53. The number of nitrogens with one attached hydrogen (secondary N) is 1. The van der Waals surface area contributed by atoms with Crippen molar-refractivity contribution in [1.82, 2.24) is 4.90 Å². The van der Waals surface area contributed by atoms with Gasteiger partial charge in [0.25, 0.3) is 0 Å². The van der Waals surface area contributed by atoms with Gasteiger partial charge in [0.15, 0.2) is 0 Å². The van der Waals surface area contributed by atoms with Gasteiger partial charge in [0.05, 0.1) is 5.92 Å². The first-order chi connectivity index (χ1) is 8.56. The van der Waals surface area contributed by atoms with Crippen LogP contribution in [0.25, 0.3) is 0 Å². The molecule has 0 spiro atoms. The Balaban J connectivity index is 2.02. The Bertz CT molecular complexity index is 442. The van der Waals surface area contributed by atoms with E-state index in [0.29, 0.717) is 0 Å². The van der Waals surface area contributed by atoms with Crippen LogP contribution >= 0.6 is 0 Å². The van der Waals surface area contributed by atoms with E-state index in [1.807, 2.05) is 19.1 Å². The first kappa shape index (κ1) is 13.1. The third-order valence-electron chi connectivity index (χ3n) is 3.64. The summed E-state index contributed by atoms with van der Waals surface area (Å²) < 4.78 is 0. The fourth-order valence-electron chi connectivity index (χ4n) is 2.57. The first-order valence-corrected chi connectivity index (χ1v) is 6.63. The maximum absolute atomic E-state index is 12.2. The number of anilines is 1. The highest BCUT2D eigenvalue weighted by atomic mass is 16.1. The van der Waals surface area contributed by atoms with E-state index in [2.05, 4.69) is 30.3 Å².